The number of carbonyl (C=O) groups excluding carboxylic acids is 1. The molecule has 0 spiro atoms. The molecule has 0 unspecified atom stereocenters. The number of benzene rings is 2. The highest BCUT2D eigenvalue weighted by molar-refractivity contribution is 5.88. The number of halogens is 2. The van der Waals surface area contributed by atoms with Crippen molar-refractivity contribution in [3.05, 3.63) is 100 Å². The van der Waals surface area contributed by atoms with E-state index in [-0.39, 0.29) is 24.4 Å². The van der Waals surface area contributed by atoms with Crippen molar-refractivity contribution in [3.63, 3.8) is 0 Å². The van der Waals surface area contributed by atoms with Crippen LogP contribution in [0.15, 0.2) is 60.8 Å². The van der Waals surface area contributed by atoms with Crippen LogP contribution in [0, 0.1) is 11.6 Å². The fourth-order valence-electron chi connectivity index (χ4n) is 4.73. The maximum Gasteiger partial charge on any atom is 0.335 e. The number of aromatic carboxylic acids is 1. The van der Waals surface area contributed by atoms with Gasteiger partial charge in [0.1, 0.15) is 17.3 Å². The monoisotopic (exact) mass is 475 g/mol. The van der Waals surface area contributed by atoms with Crippen molar-refractivity contribution in [2.45, 2.75) is 32.4 Å². The van der Waals surface area contributed by atoms with Crippen molar-refractivity contribution < 1.29 is 23.5 Å². The number of aryl methyl sites for hydroxylation is 1. The number of carboxylic acid groups (broad SMARTS) is 1. The van der Waals surface area contributed by atoms with Gasteiger partial charge < -0.3 is 14.6 Å². The topological polar surface area (TPSA) is 75.4 Å². The maximum atomic E-state index is 14.4. The number of fused-ring (bicyclic) bond motifs is 3. The van der Waals surface area contributed by atoms with Gasteiger partial charge in [-0.3, -0.25) is 4.79 Å². The predicted octanol–water partition coefficient (Wildman–Crippen LogP) is 4.58. The van der Waals surface area contributed by atoms with Gasteiger partial charge in [-0.25, -0.2) is 18.6 Å². The molecule has 6 nitrogen and oxygen atoms in total. The summed E-state index contributed by atoms with van der Waals surface area (Å²) >= 11 is 0. The van der Waals surface area contributed by atoms with Crippen LogP contribution in [-0.2, 0) is 30.7 Å². The van der Waals surface area contributed by atoms with Crippen LogP contribution in [0.2, 0.25) is 0 Å². The Kier molecular flexibility index (Phi) is 6.03. The predicted molar refractivity (Wildman–Crippen MR) is 126 cm³/mol. The molecule has 0 radical (unpaired) electrons. The van der Waals surface area contributed by atoms with Crippen LogP contribution in [0.4, 0.5) is 8.78 Å². The fourth-order valence-corrected chi connectivity index (χ4v) is 4.73. The Morgan fingerprint density at radius 1 is 1.06 bits per heavy atom. The van der Waals surface area contributed by atoms with Gasteiger partial charge in [-0.05, 0) is 54.3 Å². The van der Waals surface area contributed by atoms with E-state index in [0.29, 0.717) is 37.1 Å². The molecule has 2 aromatic heterocycles. The lowest BCUT2D eigenvalue weighted by Gasteiger charge is -2.29. The van der Waals surface area contributed by atoms with Gasteiger partial charge in [0.15, 0.2) is 0 Å². The number of amides is 1. The van der Waals surface area contributed by atoms with Gasteiger partial charge >= 0.3 is 5.97 Å². The van der Waals surface area contributed by atoms with Crippen LogP contribution in [0.25, 0.3) is 11.0 Å². The Morgan fingerprint density at radius 2 is 1.91 bits per heavy atom. The first-order valence-corrected chi connectivity index (χ1v) is 11.4. The van der Waals surface area contributed by atoms with Gasteiger partial charge in [0, 0.05) is 41.9 Å². The molecule has 1 N–H and O–H groups in total. The summed E-state index contributed by atoms with van der Waals surface area (Å²) in [6, 6.07) is 14.0. The van der Waals surface area contributed by atoms with E-state index in [1.54, 1.807) is 23.2 Å². The highest BCUT2D eigenvalue weighted by Gasteiger charge is 2.27. The standard InChI is InChI=1S/C27H23F2N3O3/c28-20-8-7-19(23(29)14-20)15-32-24-16-31(12-10-21(24)22-5-2-11-30-26(22)32)25(33)9-6-17-3-1-4-18(13-17)27(34)35/h1-5,7-8,11,13-14H,6,9-10,12,15-16H2,(H,34,35). The largest absolute Gasteiger partial charge is 0.478 e. The lowest BCUT2D eigenvalue weighted by Crippen LogP contribution is -2.36. The second kappa shape index (κ2) is 9.29. The van der Waals surface area contributed by atoms with Crippen LogP contribution in [0.5, 0.6) is 0 Å². The highest BCUT2D eigenvalue weighted by atomic mass is 19.1. The molecule has 4 aromatic rings. The molecule has 5 rings (SSSR count). The zero-order valence-corrected chi connectivity index (χ0v) is 18.9. The van der Waals surface area contributed by atoms with E-state index >= 15 is 0 Å². The van der Waals surface area contributed by atoms with Gasteiger partial charge in [0.05, 0.1) is 18.7 Å². The first kappa shape index (κ1) is 22.7. The minimum Gasteiger partial charge on any atom is -0.478 e. The number of nitrogens with zero attached hydrogens (tertiary/aromatic N) is 3. The molecule has 178 valence electrons. The molecular formula is C27H23F2N3O3. The summed E-state index contributed by atoms with van der Waals surface area (Å²) in [5.41, 5.74) is 4.03. The number of aromatic nitrogens is 2. The Hall–Kier alpha value is -4.07. The van der Waals surface area contributed by atoms with E-state index in [9.17, 15) is 23.5 Å². The van der Waals surface area contributed by atoms with E-state index < -0.39 is 17.6 Å². The SMILES string of the molecule is O=C(O)c1cccc(CCC(=O)N2CCc3c(n(Cc4ccc(F)cc4F)c4ncccc34)C2)c1. The van der Waals surface area contributed by atoms with E-state index in [4.69, 9.17) is 0 Å². The smallest absolute Gasteiger partial charge is 0.335 e. The normalized spacial score (nSPS) is 13.1. The third-order valence-electron chi connectivity index (χ3n) is 6.51. The number of hydrogen-bond acceptors (Lipinski definition) is 3. The number of carboxylic acids is 1. The Bertz CT molecular complexity index is 1450. The number of hydrogen-bond donors (Lipinski definition) is 1. The van der Waals surface area contributed by atoms with E-state index in [0.717, 1.165) is 28.3 Å². The molecule has 0 atom stereocenters. The molecule has 2 aromatic carbocycles. The Labute approximate surface area is 200 Å². The molecule has 35 heavy (non-hydrogen) atoms. The molecule has 0 bridgehead atoms. The minimum absolute atomic E-state index is 0.0332. The maximum absolute atomic E-state index is 14.4. The molecule has 0 fully saturated rings. The van der Waals surface area contributed by atoms with Crippen LogP contribution in [0.3, 0.4) is 0 Å². The summed E-state index contributed by atoms with van der Waals surface area (Å²) in [5.74, 6) is -2.28. The van der Waals surface area contributed by atoms with Gasteiger partial charge in [-0.2, -0.15) is 0 Å². The quantitative estimate of drug-likeness (QED) is 0.443. The molecule has 3 heterocycles. The van der Waals surface area contributed by atoms with Crippen molar-refractivity contribution in [2.24, 2.45) is 0 Å². The molecule has 0 aliphatic carbocycles. The van der Waals surface area contributed by atoms with E-state index in [1.807, 2.05) is 22.8 Å². The lowest BCUT2D eigenvalue weighted by molar-refractivity contribution is -0.132. The molecule has 1 aliphatic heterocycles. The van der Waals surface area contributed by atoms with Crippen LogP contribution in [0.1, 0.15) is 39.2 Å². The summed E-state index contributed by atoms with van der Waals surface area (Å²) in [6.45, 7) is 1.10. The number of pyridine rings is 1. The third-order valence-corrected chi connectivity index (χ3v) is 6.51. The second-order valence-corrected chi connectivity index (χ2v) is 8.69. The van der Waals surface area contributed by atoms with Crippen molar-refractivity contribution in [1.29, 1.82) is 0 Å². The molecule has 0 saturated heterocycles. The van der Waals surface area contributed by atoms with E-state index in [1.165, 1.54) is 18.2 Å². The summed E-state index contributed by atoms with van der Waals surface area (Å²) in [6.07, 6.45) is 3.02. The number of rotatable bonds is 6. The highest BCUT2D eigenvalue weighted by Crippen LogP contribution is 2.31. The third kappa shape index (κ3) is 4.51. The van der Waals surface area contributed by atoms with Gasteiger partial charge in [0.2, 0.25) is 5.91 Å². The van der Waals surface area contributed by atoms with Crippen molar-refractivity contribution in [1.82, 2.24) is 14.5 Å². The first-order chi connectivity index (χ1) is 16.9. The van der Waals surface area contributed by atoms with Crippen LogP contribution < -0.4 is 0 Å². The zero-order valence-electron chi connectivity index (χ0n) is 18.9. The Morgan fingerprint density at radius 3 is 2.71 bits per heavy atom. The molecule has 8 heteroatoms. The van der Waals surface area contributed by atoms with Crippen LogP contribution >= 0.6 is 0 Å². The van der Waals surface area contributed by atoms with Crippen molar-refractivity contribution in [2.75, 3.05) is 6.54 Å². The summed E-state index contributed by atoms with van der Waals surface area (Å²) < 4.78 is 29.8. The first-order valence-electron chi connectivity index (χ1n) is 11.4. The average molecular weight is 475 g/mol. The van der Waals surface area contributed by atoms with Crippen molar-refractivity contribution in [3.8, 4) is 0 Å². The second-order valence-electron chi connectivity index (χ2n) is 8.69. The van der Waals surface area contributed by atoms with Gasteiger partial charge in [-0.1, -0.05) is 18.2 Å². The fraction of sp³-hybridized carbons (Fsp3) is 0.222. The van der Waals surface area contributed by atoms with Gasteiger partial charge in [0.25, 0.3) is 0 Å². The molecule has 1 aliphatic rings. The molecule has 0 saturated carbocycles. The summed E-state index contributed by atoms with van der Waals surface area (Å²) in [7, 11) is 0. The number of carbonyl (C=O) groups is 2. The summed E-state index contributed by atoms with van der Waals surface area (Å²) in [4.78, 5) is 30.6. The Balaban J connectivity index is 1.39. The van der Waals surface area contributed by atoms with E-state index in [2.05, 4.69) is 4.98 Å². The molecule has 1 amide bonds. The minimum atomic E-state index is -0.999. The zero-order chi connectivity index (χ0) is 24.5. The molecular weight excluding hydrogens is 452 g/mol. The van der Waals surface area contributed by atoms with Gasteiger partial charge in [-0.15, -0.1) is 0 Å². The van der Waals surface area contributed by atoms with Crippen LogP contribution in [-0.4, -0.2) is 38.0 Å². The summed E-state index contributed by atoms with van der Waals surface area (Å²) in [5, 5.41) is 10.2. The van der Waals surface area contributed by atoms with Crippen molar-refractivity contribution >= 4 is 22.9 Å². The lowest BCUT2D eigenvalue weighted by atomic mass is 10.0. The average Bonchev–Trinajstić information content (AvgIpc) is 3.17.